The second kappa shape index (κ2) is 42.7. The Morgan fingerprint density at radius 1 is 0.0608 bits per heavy atom. The Labute approximate surface area is 926 Å². The molecule has 22 saturated carbocycles. The Balaban J connectivity index is 0.932. The van der Waals surface area contributed by atoms with Gasteiger partial charge in [0, 0.05) is 0 Å². The van der Waals surface area contributed by atoms with Crippen LogP contribution in [0.2, 0.25) is 0 Å². The molecular formula is C148H262. The summed E-state index contributed by atoms with van der Waals surface area (Å²) in [6.07, 6.45) is 6.02. The molecule has 22 aliphatic carbocycles. The van der Waals surface area contributed by atoms with Crippen LogP contribution in [0.15, 0.2) is 0 Å². The molecule has 0 aliphatic heterocycles. The topological polar surface area (TPSA) is 0 Å². The Kier molecular flexibility index (Phi) is 33.9. The van der Waals surface area contributed by atoms with Crippen molar-refractivity contribution in [1.82, 2.24) is 0 Å². The van der Waals surface area contributed by atoms with E-state index < -0.39 is 0 Å². The van der Waals surface area contributed by atoms with Crippen molar-refractivity contribution in [3.8, 4) is 0 Å². The van der Waals surface area contributed by atoms with Gasteiger partial charge in [-0.2, -0.15) is 0 Å². The average Bonchev–Trinajstić information content (AvgIpc) is 1.53. The Hall–Kier alpha value is 0. The number of fused-ring (bicyclic) bond motifs is 6. The van der Waals surface area contributed by atoms with E-state index in [9.17, 15) is 0 Å². The monoisotopic (exact) mass is 2040 g/mol. The minimum absolute atomic E-state index is 0.678. The summed E-state index contributed by atoms with van der Waals surface area (Å²) in [7, 11) is 0. The van der Waals surface area contributed by atoms with Gasteiger partial charge < -0.3 is 0 Å². The minimum atomic E-state index is 0.678. The maximum Gasteiger partial charge on any atom is -0.0312 e. The average molecular weight is 2040 g/mol. The maximum absolute atomic E-state index is 3.23. The summed E-state index contributed by atoms with van der Waals surface area (Å²) < 4.78 is 0. The fraction of sp³-hybridized carbons (Fsp3) is 1.00. The van der Waals surface area contributed by atoms with E-state index >= 15 is 0 Å². The zero-order valence-corrected chi connectivity index (χ0v) is 109. The first-order valence-corrected chi connectivity index (χ1v) is 69.0. The SMILES string of the molecule is CC1CC(C2C3C(C)C(C4C(C)C(C)C(C(C)C4C)C4C(C)C(C5C(C)C(C)C(C(C)C5C)C5C(C)C(C6C(C)C(C)C(C)C(C6C)C6C(CC(C7C(C)C(C)C(C)C(C)C7C)C6C6C(C)C(C)C(C)C(C)C6C)C6C(C)C(C)C3C(C)C6C)C3C6C(C)C(C)C(C)C(C)C6CC6C(C)C(C)C(C)C(C)C6C53)C(C3C(C)C(C)C(C)C(C)C3C)C4C3C(C)C(C)C(C)C(C)C3C)C2C2CC(C)C(C)C(C)C2C)C(C)C(C)C1C. The highest BCUT2D eigenvalue weighted by Gasteiger charge is 2.76. The van der Waals surface area contributed by atoms with Crippen molar-refractivity contribution in [2.45, 2.75) is 406 Å². The summed E-state index contributed by atoms with van der Waals surface area (Å²) in [6.45, 7) is 163. The van der Waals surface area contributed by atoms with Crippen LogP contribution >= 0.6 is 0 Å². The lowest BCUT2D eigenvalue weighted by atomic mass is 9.44. The van der Waals surface area contributed by atoms with Gasteiger partial charge in [0.15, 0.2) is 0 Å². The highest BCUT2D eigenvalue weighted by atomic mass is 14.8. The Morgan fingerprint density at radius 2 is 0.169 bits per heavy atom. The predicted molar refractivity (Wildman–Crippen MR) is 641 cm³/mol. The Bertz CT molecular complexity index is 4270. The van der Waals surface area contributed by atoms with Crippen LogP contribution in [0.5, 0.6) is 0 Å². The van der Waals surface area contributed by atoms with Crippen LogP contribution in [-0.4, -0.2) is 0 Å². The molecule has 22 fully saturated rings. The van der Waals surface area contributed by atoms with Gasteiger partial charge >= 0.3 is 0 Å². The highest BCUT2D eigenvalue weighted by molar-refractivity contribution is 5.24. The van der Waals surface area contributed by atoms with Crippen LogP contribution < -0.4 is 0 Å². The molecule has 854 valence electrons. The standard InChI is InChI=1S/C148H262/c1-60-56-115(83(24)64(5)62(60)3)141-135-112(53)136(142(141)116-57-61(2)63(4)65(6)84(116)25)124-103(44)105(46)125(106(47)104(124)45)137-113(54)138(146(130-93(34)78(19)69(10)79(20)94(130)35)145(137)129-91(32)76(17)68(9)77(18)92(129)33)126-107(48)109(50)127(110(51)108(126)49)139-114(55)140(148-134-98(39)81(22)71(12)86(27)118(134)58-117-85(26)70(11)80(21)97(38)133(117)147(139)148)131-95(36)82(23)96(37)132(111(131)52)144-120(122-99(40)101(42)123(135)102(43)100(122)41)59-119(121-87(28)72(13)66(7)73(14)88(121)29)143(144)128-89(30)74(15)67(8)75(16)90(128)31/h60-148H,56-59H2,1-55H3. The van der Waals surface area contributed by atoms with E-state index in [1.54, 1.807) is 0 Å². The third kappa shape index (κ3) is 17.1. The summed E-state index contributed by atoms with van der Waals surface area (Å²) >= 11 is 0. The van der Waals surface area contributed by atoms with Gasteiger partial charge in [-0.05, 0) is 552 Å². The van der Waals surface area contributed by atoms with Crippen LogP contribution in [0, 0.1) is 527 Å². The van der Waals surface area contributed by atoms with Gasteiger partial charge in [-0.15, -0.1) is 0 Å². The third-order valence-electron chi connectivity index (χ3n) is 68.2. The van der Waals surface area contributed by atoms with Crippen molar-refractivity contribution < 1.29 is 0 Å². The van der Waals surface area contributed by atoms with Gasteiger partial charge in [0.25, 0.3) is 0 Å². The van der Waals surface area contributed by atoms with Crippen LogP contribution in [-0.2, 0) is 0 Å². The zero-order chi connectivity index (χ0) is 109. The molecule has 0 aromatic rings. The zero-order valence-electron chi connectivity index (χ0n) is 109. The molecule has 22 aliphatic rings. The minimum Gasteiger partial charge on any atom is -0.0622 e. The fourth-order valence-corrected chi connectivity index (χ4v) is 55.6. The second-order valence-corrected chi connectivity index (χ2v) is 68.6. The van der Waals surface area contributed by atoms with E-state index in [4.69, 9.17) is 0 Å². The lowest BCUT2D eigenvalue weighted by Crippen LogP contribution is -2.57. The highest BCUT2D eigenvalue weighted by Crippen LogP contribution is 2.81. The summed E-state index contributed by atoms with van der Waals surface area (Å²) in [5, 5.41) is 0. The van der Waals surface area contributed by atoms with Crippen LogP contribution in [0.25, 0.3) is 0 Å². The predicted octanol–water partition coefficient (Wildman–Crippen LogP) is 40.7. The summed E-state index contributed by atoms with van der Waals surface area (Å²) in [6, 6.07) is 0. The fourth-order valence-electron chi connectivity index (χ4n) is 55.6. The maximum atomic E-state index is 3.23. The molecule has 0 saturated heterocycles. The number of hydrogen-bond donors (Lipinski definition) is 0. The quantitative estimate of drug-likeness (QED) is 0.249. The summed E-state index contributed by atoms with van der Waals surface area (Å²) in [5.41, 5.74) is 0. The molecular weight excluding hydrogens is 1780 g/mol. The first-order chi connectivity index (χ1) is 69.0. The van der Waals surface area contributed by atoms with E-state index in [0.717, 1.165) is 408 Å². The van der Waals surface area contributed by atoms with Crippen molar-refractivity contribution >= 4 is 0 Å². The van der Waals surface area contributed by atoms with E-state index in [1.165, 1.54) is 25.7 Å². The van der Waals surface area contributed by atoms with Crippen molar-refractivity contribution in [3.05, 3.63) is 0 Å². The first-order valence-electron chi connectivity index (χ1n) is 69.0. The summed E-state index contributed by atoms with van der Waals surface area (Å²) in [4.78, 5) is 0. The molecule has 0 radical (unpaired) electrons. The molecule has 0 N–H and O–H groups in total. The molecule has 0 spiro atoms. The lowest BCUT2D eigenvalue weighted by Gasteiger charge is -2.61. The van der Waals surface area contributed by atoms with E-state index in [2.05, 4.69) is 381 Å². The van der Waals surface area contributed by atoms with Crippen LogP contribution in [0.4, 0.5) is 0 Å². The second-order valence-electron chi connectivity index (χ2n) is 68.6. The van der Waals surface area contributed by atoms with Gasteiger partial charge in [-0.3, -0.25) is 0 Å². The molecule has 0 heteroatoms. The molecule has 22 rings (SSSR count). The summed E-state index contributed by atoms with van der Waals surface area (Å²) in [5.74, 6) is 65.7. The Morgan fingerprint density at radius 3 is 0.399 bits per heavy atom. The number of rotatable bonds is 6. The molecule has 14 bridgehead atoms. The van der Waals surface area contributed by atoms with Crippen molar-refractivity contribution in [2.75, 3.05) is 0 Å². The molecule has 0 heterocycles. The molecule has 0 amide bonds. The third-order valence-corrected chi connectivity index (χ3v) is 68.2. The molecule has 75 atom stereocenters. The smallest absolute Gasteiger partial charge is 0.0312 e. The van der Waals surface area contributed by atoms with E-state index in [0.29, 0.717) is 118 Å². The van der Waals surface area contributed by atoms with E-state index in [-0.39, 0.29) is 0 Å². The molecule has 0 nitrogen and oxygen atoms in total. The van der Waals surface area contributed by atoms with Gasteiger partial charge in [0.1, 0.15) is 0 Å². The van der Waals surface area contributed by atoms with Gasteiger partial charge in [-0.25, -0.2) is 0 Å². The van der Waals surface area contributed by atoms with Gasteiger partial charge in [-0.1, -0.05) is 381 Å². The van der Waals surface area contributed by atoms with Crippen molar-refractivity contribution in [2.24, 2.45) is 527 Å². The number of hydrogen-bond acceptors (Lipinski definition) is 0. The normalized spacial score (nSPS) is 66.7. The van der Waals surface area contributed by atoms with Gasteiger partial charge in [0.05, 0.1) is 0 Å². The first kappa shape index (κ1) is 117. The van der Waals surface area contributed by atoms with Crippen molar-refractivity contribution in [1.29, 1.82) is 0 Å². The van der Waals surface area contributed by atoms with Crippen molar-refractivity contribution in [3.63, 3.8) is 0 Å². The van der Waals surface area contributed by atoms with Crippen LogP contribution in [0.3, 0.4) is 0 Å². The molecule has 75 unspecified atom stereocenters. The molecule has 0 aromatic carbocycles. The largest absolute Gasteiger partial charge is 0.0622 e. The van der Waals surface area contributed by atoms with Gasteiger partial charge in [0.2, 0.25) is 0 Å². The molecule has 148 heavy (non-hydrogen) atoms. The molecule has 0 aromatic heterocycles. The van der Waals surface area contributed by atoms with Crippen LogP contribution in [0.1, 0.15) is 406 Å². The lowest BCUT2D eigenvalue weighted by molar-refractivity contribution is -0.137. The van der Waals surface area contributed by atoms with E-state index in [1.807, 2.05) is 0 Å².